The van der Waals surface area contributed by atoms with Crippen molar-refractivity contribution in [3.05, 3.63) is 11.6 Å². The molecule has 0 unspecified atom stereocenters. The van der Waals surface area contributed by atoms with E-state index in [1.54, 1.807) is 13.8 Å². The summed E-state index contributed by atoms with van der Waals surface area (Å²) < 4.78 is 0. The smallest absolute Gasteiger partial charge is 0.309 e. The number of carboxylic acid groups (broad SMARTS) is 1. The lowest BCUT2D eigenvalue weighted by Gasteiger charge is -2.66. The van der Waals surface area contributed by atoms with Gasteiger partial charge in [-0.05, 0) is 69.4 Å². The average Bonchev–Trinajstić information content (AvgIpc) is 2.53. The van der Waals surface area contributed by atoms with Crippen molar-refractivity contribution in [3.8, 4) is 0 Å². The van der Waals surface area contributed by atoms with Gasteiger partial charge in [-0.3, -0.25) is 4.79 Å². The Morgan fingerprint density at radius 3 is 2.64 bits per heavy atom. The van der Waals surface area contributed by atoms with E-state index in [1.165, 1.54) is 0 Å². The summed E-state index contributed by atoms with van der Waals surface area (Å²) in [5, 5.41) is 20.7. The monoisotopic (exact) mass is 350 g/mol. The quantitative estimate of drug-likeness (QED) is 0.589. The molecule has 0 aromatic heterocycles. The molecule has 1 saturated heterocycles. The van der Waals surface area contributed by atoms with Crippen LogP contribution < -0.4 is 0 Å². The number of fused-ring (bicyclic) bond motifs is 2. The molecule has 0 aromatic rings. The standard InChI is InChI=1S/C20H30O5/c1-17(2,23)12-10-20-11-19(4,16(21)22)14-7-5-6-8-18(14,3)15(20)9-13(12)24-25-20/h10,13-15,23H,5-9,11H2,1-4H3,(H,21,22)/t13-,14-,15+,18-,19-,20+/m0/s1. The molecule has 0 aromatic carbocycles. The fourth-order valence-corrected chi connectivity index (χ4v) is 6.66. The van der Waals surface area contributed by atoms with E-state index in [2.05, 4.69) is 6.92 Å². The van der Waals surface area contributed by atoms with Crippen molar-refractivity contribution in [2.75, 3.05) is 0 Å². The minimum atomic E-state index is -0.990. The first-order chi connectivity index (χ1) is 11.5. The molecule has 5 rings (SSSR count). The van der Waals surface area contributed by atoms with E-state index in [0.29, 0.717) is 6.42 Å². The number of carbonyl (C=O) groups is 1. The van der Waals surface area contributed by atoms with E-state index >= 15 is 0 Å². The predicted molar refractivity (Wildman–Crippen MR) is 91.6 cm³/mol. The van der Waals surface area contributed by atoms with Crippen molar-refractivity contribution in [1.29, 1.82) is 0 Å². The highest BCUT2D eigenvalue weighted by Crippen LogP contribution is 2.68. The molecule has 6 atom stereocenters. The van der Waals surface area contributed by atoms with Gasteiger partial charge in [0.25, 0.3) is 0 Å². The first-order valence-electron chi connectivity index (χ1n) is 9.56. The van der Waals surface area contributed by atoms with Gasteiger partial charge in [0.1, 0.15) is 11.7 Å². The summed E-state index contributed by atoms with van der Waals surface area (Å²) in [6.07, 6.45) is 7.25. The maximum Gasteiger partial charge on any atom is 0.309 e. The molecule has 2 saturated carbocycles. The Morgan fingerprint density at radius 2 is 2.00 bits per heavy atom. The van der Waals surface area contributed by atoms with Crippen LogP contribution in [0.1, 0.15) is 66.2 Å². The molecule has 5 heteroatoms. The predicted octanol–water partition coefficient (Wildman–Crippen LogP) is 3.46. The van der Waals surface area contributed by atoms with Crippen molar-refractivity contribution in [2.24, 2.45) is 22.7 Å². The Hall–Kier alpha value is -0.910. The molecule has 0 amide bonds. The van der Waals surface area contributed by atoms with E-state index in [4.69, 9.17) is 9.78 Å². The van der Waals surface area contributed by atoms with Crippen molar-refractivity contribution in [1.82, 2.24) is 0 Å². The highest BCUT2D eigenvalue weighted by molar-refractivity contribution is 5.75. The zero-order valence-electron chi connectivity index (χ0n) is 15.7. The largest absolute Gasteiger partial charge is 0.481 e. The van der Waals surface area contributed by atoms with Crippen molar-refractivity contribution in [2.45, 2.75) is 83.5 Å². The lowest BCUT2D eigenvalue weighted by Crippen LogP contribution is -2.68. The minimum absolute atomic E-state index is 0.0761. The van der Waals surface area contributed by atoms with Crippen LogP contribution in [0.2, 0.25) is 0 Å². The maximum atomic E-state index is 12.3. The molecule has 2 bridgehead atoms. The van der Waals surface area contributed by atoms with Gasteiger partial charge in [-0.15, -0.1) is 0 Å². The van der Waals surface area contributed by atoms with Crippen LogP contribution in [0.25, 0.3) is 0 Å². The number of hydrogen-bond acceptors (Lipinski definition) is 4. The summed E-state index contributed by atoms with van der Waals surface area (Å²) >= 11 is 0. The van der Waals surface area contributed by atoms with Crippen LogP contribution in [-0.4, -0.2) is 33.5 Å². The van der Waals surface area contributed by atoms with Gasteiger partial charge in [0.15, 0.2) is 0 Å². The summed E-state index contributed by atoms with van der Waals surface area (Å²) in [6, 6.07) is 0. The Morgan fingerprint density at radius 1 is 1.28 bits per heavy atom. The van der Waals surface area contributed by atoms with Crippen LogP contribution in [-0.2, 0) is 14.6 Å². The van der Waals surface area contributed by atoms with Gasteiger partial charge >= 0.3 is 5.97 Å². The molecule has 2 heterocycles. The maximum absolute atomic E-state index is 12.3. The van der Waals surface area contributed by atoms with Crippen LogP contribution in [0.3, 0.4) is 0 Å². The molecule has 25 heavy (non-hydrogen) atoms. The van der Waals surface area contributed by atoms with Crippen molar-refractivity contribution in [3.63, 3.8) is 0 Å². The third-order valence-corrected chi connectivity index (χ3v) is 7.76. The van der Waals surface area contributed by atoms with Gasteiger partial charge in [0, 0.05) is 5.92 Å². The molecule has 2 aliphatic heterocycles. The minimum Gasteiger partial charge on any atom is -0.481 e. The van der Waals surface area contributed by atoms with E-state index in [-0.39, 0.29) is 23.4 Å². The van der Waals surface area contributed by atoms with Gasteiger partial charge in [-0.2, -0.15) is 0 Å². The van der Waals surface area contributed by atoms with Crippen molar-refractivity contribution >= 4 is 5.97 Å². The fraction of sp³-hybridized carbons (Fsp3) is 0.850. The molecule has 3 fully saturated rings. The molecule has 1 spiro atoms. The summed E-state index contributed by atoms with van der Waals surface area (Å²) in [4.78, 5) is 23.9. The molecule has 3 aliphatic carbocycles. The molecular weight excluding hydrogens is 320 g/mol. The number of aliphatic hydroxyl groups is 1. The van der Waals surface area contributed by atoms with Gasteiger partial charge in [0.05, 0.1) is 11.0 Å². The fourth-order valence-electron chi connectivity index (χ4n) is 6.66. The van der Waals surface area contributed by atoms with E-state index in [0.717, 1.165) is 37.7 Å². The summed E-state index contributed by atoms with van der Waals surface area (Å²) in [6.45, 7) is 7.68. The highest BCUT2D eigenvalue weighted by Gasteiger charge is 2.69. The van der Waals surface area contributed by atoms with Gasteiger partial charge in [0.2, 0.25) is 0 Å². The number of rotatable bonds is 2. The van der Waals surface area contributed by atoms with Gasteiger partial charge < -0.3 is 10.2 Å². The second-order valence-corrected chi connectivity index (χ2v) is 9.77. The van der Waals surface area contributed by atoms with Crippen LogP contribution >= 0.6 is 0 Å². The number of hydrogen-bond donors (Lipinski definition) is 2. The van der Waals surface area contributed by atoms with Crippen LogP contribution in [0, 0.1) is 22.7 Å². The summed E-state index contributed by atoms with van der Waals surface area (Å²) in [5.74, 6) is -0.348. The molecule has 2 N–H and O–H groups in total. The molecule has 5 nitrogen and oxygen atoms in total. The SMILES string of the molecule is CC(C)(O)C1=C[C@@]23C[C@](C)(C(=O)O)[C@H]4CCCC[C@]4(C)[C@H]2C[C@@H]1OO3. The normalized spacial score (nSPS) is 49.2. The average molecular weight is 350 g/mol. The Labute approximate surface area is 149 Å². The first-order valence-corrected chi connectivity index (χ1v) is 9.56. The molecule has 140 valence electrons. The van der Waals surface area contributed by atoms with Gasteiger partial charge in [-0.1, -0.05) is 19.8 Å². The van der Waals surface area contributed by atoms with Crippen LogP contribution in [0.5, 0.6) is 0 Å². The second-order valence-electron chi connectivity index (χ2n) is 9.77. The third-order valence-electron chi connectivity index (χ3n) is 7.76. The summed E-state index contributed by atoms with van der Waals surface area (Å²) in [7, 11) is 0. The zero-order chi connectivity index (χ0) is 18.3. The second kappa shape index (κ2) is 5.08. The zero-order valence-corrected chi connectivity index (χ0v) is 15.7. The van der Waals surface area contributed by atoms with Crippen molar-refractivity contribution < 1.29 is 24.8 Å². The molecule has 5 aliphatic rings. The van der Waals surface area contributed by atoms with Gasteiger partial charge in [-0.25, -0.2) is 9.78 Å². The van der Waals surface area contributed by atoms with Crippen LogP contribution in [0.15, 0.2) is 11.6 Å². The summed E-state index contributed by atoms with van der Waals surface area (Å²) in [5.41, 5.74) is -1.83. The lowest BCUT2D eigenvalue weighted by atomic mass is 9.41. The Bertz CT molecular complexity index is 634. The van der Waals surface area contributed by atoms with E-state index < -0.39 is 22.6 Å². The topological polar surface area (TPSA) is 76.0 Å². The van der Waals surface area contributed by atoms with Crippen LogP contribution in [0.4, 0.5) is 0 Å². The number of aliphatic carboxylic acids is 1. The number of carboxylic acids is 1. The molecule has 0 radical (unpaired) electrons. The highest BCUT2D eigenvalue weighted by atomic mass is 17.2. The Kier molecular flexibility index (Phi) is 3.56. The first kappa shape index (κ1) is 17.5. The third kappa shape index (κ3) is 2.22. The Balaban J connectivity index is 1.87. The van der Waals surface area contributed by atoms with E-state index in [9.17, 15) is 15.0 Å². The van der Waals surface area contributed by atoms with E-state index in [1.807, 2.05) is 13.0 Å². The molecular formula is C20H30O5. The lowest BCUT2D eigenvalue weighted by molar-refractivity contribution is -0.440.